The Morgan fingerprint density at radius 2 is 2.00 bits per heavy atom. The van der Waals surface area contributed by atoms with Crippen molar-refractivity contribution < 1.29 is 9.59 Å². The number of hydrogen-bond donors (Lipinski definition) is 1. The van der Waals surface area contributed by atoms with E-state index in [9.17, 15) is 9.59 Å². The van der Waals surface area contributed by atoms with Gasteiger partial charge in [-0.15, -0.1) is 0 Å². The summed E-state index contributed by atoms with van der Waals surface area (Å²) in [5, 5.41) is 2.90. The number of hydrogen-bond acceptors (Lipinski definition) is 5. The van der Waals surface area contributed by atoms with Gasteiger partial charge in [-0.3, -0.25) is 24.4 Å². The molecule has 0 aliphatic carbocycles. The van der Waals surface area contributed by atoms with Gasteiger partial charge in [0.05, 0.1) is 18.4 Å². The highest BCUT2D eigenvalue weighted by atomic mass is 16.2. The summed E-state index contributed by atoms with van der Waals surface area (Å²) in [4.78, 5) is 34.3. The Morgan fingerprint density at radius 1 is 1.24 bits per heavy atom. The van der Waals surface area contributed by atoms with Crippen molar-refractivity contribution in [1.82, 2.24) is 19.7 Å². The van der Waals surface area contributed by atoms with Gasteiger partial charge in [-0.2, -0.15) is 0 Å². The van der Waals surface area contributed by atoms with Crippen molar-refractivity contribution in [2.45, 2.75) is 19.9 Å². The highest BCUT2D eigenvalue weighted by molar-refractivity contribution is 5.92. The van der Waals surface area contributed by atoms with Gasteiger partial charge in [-0.05, 0) is 18.1 Å². The lowest BCUT2D eigenvalue weighted by Gasteiger charge is -2.39. The number of piperazine rings is 1. The third-order valence-electron chi connectivity index (χ3n) is 5.19. The third-order valence-corrected chi connectivity index (χ3v) is 5.19. The normalized spacial score (nSPS) is 25.1. The zero-order valence-corrected chi connectivity index (χ0v) is 15.0. The van der Waals surface area contributed by atoms with E-state index in [0.717, 1.165) is 45.0 Å². The number of anilines is 1. The fourth-order valence-corrected chi connectivity index (χ4v) is 3.86. The van der Waals surface area contributed by atoms with E-state index in [4.69, 9.17) is 0 Å². The predicted octanol–water partition coefficient (Wildman–Crippen LogP) is 0.505. The standard InChI is InChI=1S/C18H27N5O2/c1-14-11-21(13-18(25)20-16-4-3-5-19-10-16)12-17(14)23-8-6-22(7-9-23)15(2)24/h3-5,10,14,17H,6-9,11-13H2,1-2H3,(H,20,25)/t14-,17-/m1/s1. The highest BCUT2D eigenvalue weighted by Crippen LogP contribution is 2.23. The maximum Gasteiger partial charge on any atom is 0.238 e. The van der Waals surface area contributed by atoms with Gasteiger partial charge in [0, 0.05) is 58.4 Å². The van der Waals surface area contributed by atoms with Crippen molar-refractivity contribution >= 4 is 17.5 Å². The molecule has 7 heteroatoms. The SMILES string of the molecule is CC(=O)N1CCN([C@@H]2CN(CC(=O)Nc3cccnc3)C[C@H]2C)CC1. The fraction of sp³-hybridized carbons (Fsp3) is 0.611. The smallest absolute Gasteiger partial charge is 0.238 e. The molecular weight excluding hydrogens is 318 g/mol. The first-order chi connectivity index (χ1) is 12.0. The first-order valence-corrected chi connectivity index (χ1v) is 8.94. The number of rotatable bonds is 4. The van der Waals surface area contributed by atoms with Crippen LogP contribution in [0.25, 0.3) is 0 Å². The number of carbonyl (C=O) groups excluding carboxylic acids is 2. The molecule has 1 N–H and O–H groups in total. The van der Waals surface area contributed by atoms with Crippen molar-refractivity contribution in [2.24, 2.45) is 5.92 Å². The molecule has 3 heterocycles. The summed E-state index contributed by atoms with van der Waals surface area (Å²) in [5.41, 5.74) is 0.733. The first kappa shape index (κ1) is 17.8. The lowest BCUT2D eigenvalue weighted by molar-refractivity contribution is -0.131. The van der Waals surface area contributed by atoms with Crippen LogP contribution in [-0.2, 0) is 9.59 Å². The number of amides is 2. The molecule has 2 aliphatic rings. The minimum absolute atomic E-state index is 0.00208. The van der Waals surface area contributed by atoms with E-state index in [0.29, 0.717) is 18.5 Å². The van der Waals surface area contributed by atoms with Crippen LogP contribution in [0.2, 0.25) is 0 Å². The van der Waals surface area contributed by atoms with E-state index < -0.39 is 0 Å². The molecule has 3 rings (SSSR count). The fourth-order valence-electron chi connectivity index (χ4n) is 3.86. The Morgan fingerprint density at radius 3 is 2.64 bits per heavy atom. The van der Waals surface area contributed by atoms with Gasteiger partial charge < -0.3 is 10.2 Å². The summed E-state index contributed by atoms with van der Waals surface area (Å²) in [7, 11) is 0. The van der Waals surface area contributed by atoms with Crippen LogP contribution in [-0.4, -0.2) is 83.4 Å². The van der Waals surface area contributed by atoms with E-state index in [1.165, 1.54) is 0 Å². The largest absolute Gasteiger partial charge is 0.340 e. The van der Waals surface area contributed by atoms with Gasteiger partial charge >= 0.3 is 0 Å². The summed E-state index contributed by atoms with van der Waals surface area (Å²) in [6, 6.07) is 4.11. The zero-order valence-electron chi connectivity index (χ0n) is 15.0. The molecule has 0 spiro atoms. The summed E-state index contributed by atoms with van der Waals surface area (Å²) in [6.07, 6.45) is 3.34. The molecule has 0 unspecified atom stereocenters. The molecule has 0 aromatic carbocycles. The molecule has 25 heavy (non-hydrogen) atoms. The van der Waals surface area contributed by atoms with Crippen LogP contribution in [0.15, 0.2) is 24.5 Å². The van der Waals surface area contributed by atoms with Gasteiger partial charge in [0.15, 0.2) is 0 Å². The Balaban J connectivity index is 1.48. The Labute approximate surface area is 149 Å². The summed E-state index contributed by atoms with van der Waals surface area (Å²) < 4.78 is 0. The van der Waals surface area contributed by atoms with Crippen molar-refractivity contribution in [2.75, 3.05) is 51.1 Å². The van der Waals surface area contributed by atoms with Crippen molar-refractivity contribution in [3.8, 4) is 0 Å². The molecule has 0 radical (unpaired) electrons. The van der Waals surface area contributed by atoms with Crippen LogP contribution in [0, 0.1) is 5.92 Å². The second-order valence-electron chi connectivity index (χ2n) is 7.07. The Bertz CT molecular complexity index is 601. The number of nitrogens with one attached hydrogen (secondary N) is 1. The Hall–Kier alpha value is -1.99. The molecule has 1 aromatic rings. The molecule has 0 bridgehead atoms. The number of likely N-dealkylation sites (tertiary alicyclic amines) is 1. The first-order valence-electron chi connectivity index (χ1n) is 8.94. The van der Waals surface area contributed by atoms with Crippen LogP contribution in [0.5, 0.6) is 0 Å². The third kappa shape index (κ3) is 4.55. The predicted molar refractivity (Wildman–Crippen MR) is 96.1 cm³/mol. The molecule has 7 nitrogen and oxygen atoms in total. The second kappa shape index (κ2) is 7.93. The van der Waals surface area contributed by atoms with Crippen LogP contribution in [0.3, 0.4) is 0 Å². The molecule has 2 fully saturated rings. The van der Waals surface area contributed by atoms with E-state index >= 15 is 0 Å². The molecule has 2 saturated heterocycles. The van der Waals surface area contributed by atoms with E-state index in [1.54, 1.807) is 19.3 Å². The van der Waals surface area contributed by atoms with Gasteiger partial charge in [0.25, 0.3) is 0 Å². The molecule has 1 aromatic heterocycles. The van der Waals surface area contributed by atoms with E-state index in [1.807, 2.05) is 17.0 Å². The maximum atomic E-state index is 12.2. The average molecular weight is 345 g/mol. The van der Waals surface area contributed by atoms with Gasteiger partial charge in [-0.25, -0.2) is 0 Å². The summed E-state index contributed by atoms with van der Waals surface area (Å²) >= 11 is 0. The highest BCUT2D eigenvalue weighted by Gasteiger charge is 2.36. The van der Waals surface area contributed by atoms with Crippen LogP contribution in [0.1, 0.15) is 13.8 Å². The van der Waals surface area contributed by atoms with Crippen molar-refractivity contribution in [3.05, 3.63) is 24.5 Å². The van der Waals surface area contributed by atoms with Crippen LogP contribution < -0.4 is 5.32 Å². The molecule has 2 amide bonds. The zero-order chi connectivity index (χ0) is 17.8. The van der Waals surface area contributed by atoms with Gasteiger partial charge in [0.2, 0.25) is 11.8 Å². The number of nitrogens with zero attached hydrogens (tertiary/aromatic N) is 4. The maximum absolute atomic E-state index is 12.2. The van der Waals surface area contributed by atoms with E-state index in [-0.39, 0.29) is 11.8 Å². The minimum atomic E-state index is 0.00208. The molecule has 2 aliphatic heterocycles. The van der Waals surface area contributed by atoms with E-state index in [2.05, 4.69) is 27.0 Å². The molecule has 2 atom stereocenters. The monoisotopic (exact) mass is 345 g/mol. The number of aromatic nitrogens is 1. The summed E-state index contributed by atoms with van der Waals surface area (Å²) in [5.74, 6) is 0.685. The van der Waals surface area contributed by atoms with Crippen LogP contribution >= 0.6 is 0 Å². The van der Waals surface area contributed by atoms with Gasteiger partial charge in [0.1, 0.15) is 0 Å². The van der Waals surface area contributed by atoms with Crippen molar-refractivity contribution in [3.63, 3.8) is 0 Å². The molecule has 0 saturated carbocycles. The lowest BCUT2D eigenvalue weighted by Crippen LogP contribution is -2.53. The lowest BCUT2D eigenvalue weighted by atomic mass is 10.0. The quantitative estimate of drug-likeness (QED) is 0.861. The topological polar surface area (TPSA) is 68.8 Å². The summed E-state index contributed by atoms with van der Waals surface area (Å²) in [6.45, 7) is 9.58. The van der Waals surface area contributed by atoms with Crippen LogP contribution in [0.4, 0.5) is 5.69 Å². The minimum Gasteiger partial charge on any atom is -0.340 e. The van der Waals surface area contributed by atoms with Crippen molar-refractivity contribution in [1.29, 1.82) is 0 Å². The molecular formula is C18H27N5O2. The molecule has 136 valence electrons. The Kier molecular flexibility index (Phi) is 5.65. The number of pyridine rings is 1. The average Bonchev–Trinajstić information content (AvgIpc) is 2.96. The number of carbonyl (C=O) groups is 2. The second-order valence-corrected chi connectivity index (χ2v) is 7.07. The van der Waals surface area contributed by atoms with Gasteiger partial charge in [-0.1, -0.05) is 6.92 Å².